The van der Waals surface area contributed by atoms with E-state index in [2.05, 4.69) is 0 Å². The standard InChI is InChI=1S/C21H32NO4PSi/c1-4-24-28(25-5-2,18-12-17-22)26-19(3)27(23,20-13-8-6-9-14-20)21-15-10-7-11-16-21/h6-11,13-16,19H,4-5,12,17-18,22H2,1-3H3. The largest absolute Gasteiger partial charge is 0.501 e. The van der Waals surface area contributed by atoms with Gasteiger partial charge in [-0.2, -0.15) is 0 Å². The van der Waals surface area contributed by atoms with Crippen LogP contribution in [0.1, 0.15) is 27.2 Å². The predicted octanol–water partition coefficient (Wildman–Crippen LogP) is 3.72. The van der Waals surface area contributed by atoms with E-state index in [0.29, 0.717) is 25.8 Å². The van der Waals surface area contributed by atoms with Crippen LogP contribution in [0.15, 0.2) is 60.7 Å². The van der Waals surface area contributed by atoms with Crippen LogP contribution >= 0.6 is 7.14 Å². The van der Waals surface area contributed by atoms with Gasteiger partial charge in [-0.3, -0.25) is 0 Å². The zero-order valence-electron chi connectivity index (χ0n) is 17.0. The molecule has 28 heavy (non-hydrogen) atoms. The molecule has 2 aromatic rings. The highest BCUT2D eigenvalue weighted by atomic mass is 31.2. The van der Waals surface area contributed by atoms with Gasteiger partial charge in [-0.1, -0.05) is 60.7 Å². The highest BCUT2D eigenvalue weighted by Crippen LogP contribution is 2.50. The number of hydrogen-bond donors (Lipinski definition) is 1. The highest BCUT2D eigenvalue weighted by Gasteiger charge is 2.46. The summed E-state index contributed by atoms with van der Waals surface area (Å²) < 4.78 is 33.0. The van der Waals surface area contributed by atoms with Gasteiger partial charge in [0.2, 0.25) is 0 Å². The molecule has 0 amide bonds. The molecular weight excluding hydrogens is 389 g/mol. The normalized spacial score (nSPS) is 13.4. The van der Waals surface area contributed by atoms with Crippen molar-refractivity contribution in [3.63, 3.8) is 0 Å². The van der Waals surface area contributed by atoms with E-state index in [9.17, 15) is 4.57 Å². The van der Waals surface area contributed by atoms with Crippen molar-refractivity contribution in [2.75, 3.05) is 19.8 Å². The number of hydrogen-bond acceptors (Lipinski definition) is 5. The second-order valence-corrected chi connectivity index (χ2v) is 12.2. The minimum Gasteiger partial charge on any atom is -0.374 e. The molecule has 0 fully saturated rings. The average molecular weight is 422 g/mol. The van der Waals surface area contributed by atoms with Crippen molar-refractivity contribution in [1.82, 2.24) is 0 Å². The van der Waals surface area contributed by atoms with Crippen LogP contribution in [-0.2, 0) is 17.8 Å². The van der Waals surface area contributed by atoms with Gasteiger partial charge < -0.3 is 23.6 Å². The Hall–Kier alpha value is -1.27. The maximum atomic E-state index is 14.4. The molecular formula is C21H32NO4PSi. The van der Waals surface area contributed by atoms with Crippen LogP contribution in [0.2, 0.25) is 6.04 Å². The molecule has 0 bridgehead atoms. The van der Waals surface area contributed by atoms with Gasteiger partial charge in [0.1, 0.15) is 5.85 Å². The molecule has 0 radical (unpaired) electrons. The summed E-state index contributed by atoms with van der Waals surface area (Å²) >= 11 is 0. The zero-order chi connectivity index (χ0) is 20.5. The monoisotopic (exact) mass is 421 g/mol. The van der Waals surface area contributed by atoms with Gasteiger partial charge in [-0.25, -0.2) is 0 Å². The molecule has 2 rings (SSSR count). The fourth-order valence-corrected chi connectivity index (χ4v) is 9.38. The lowest BCUT2D eigenvalue weighted by molar-refractivity contribution is 0.0599. The van der Waals surface area contributed by atoms with E-state index in [1.165, 1.54) is 0 Å². The molecule has 5 nitrogen and oxygen atoms in total. The Morgan fingerprint density at radius 2 is 1.39 bits per heavy atom. The molecule has 1 unspecified atom stereocenters. The lowest BCUT2D eigenvalue weighted by Gasteiger charge is -2.35. The first-order valence-corrected chi connectivity index (χ1v) is 13.6. The first-order chi connectivity index (χ1) is 13.5. The zero-order valence-corrected chi connectivity index (χ0v) is 18.9. The second kappa shape index (κ2) is 11.1. The smallest absolute Gasteiger partial charge is 0.374 e. The van der Waals surface area contributed by atoms with Gasteiger partial charge in [-0.15, -0.1) is 0 Å². The van der Waals surface area contributed by atoms with Crippen LogP contribution < -0.4 is 16.3 Å². The summed E-state index contributed by atoms with van der Waals surface area (Å²) in [5, 5.41) is 1.53. The molecule has 0 aliphatic heterocycles. The number of nitrogens with two attached hydrogens (primary N) is 1. The summed E-state index contributed by atoms with van der Waals surface area (Å²) in [5.41, 5.74) is 5.73. The lowest BCUT2D eigenvalue weighted by atomic mass is 10.4. The van der Waals surface area contributed by atoms with Crippen LogP contribution in [-0.4, -0.2) is 34.4 Å². The van der Waals surface area contributed by atoms with Crippen LogP contribution in [0.4, 0.5) is 0 Å². The molecule has 0 aromatic heterocycles. The summed E-state index contributed by atoms with van der Waals surface area (Å²) in [6, 6.07) is 19.7. The summed E-state index contributed by atoms with van der Waals surface area (Å²) in [6.07, 6.45) is 0.736. The average Bonchev–Trinajstić information content (AvgIpc) is 2.73. The fourth-order valence-electron chi connectivity index (χ4n) is 3.27. The summed E-state index contributed by atoms with van der Waals surface area (Å²) in [4.78, 5) is 0. The topological polar surface area (TPSA) is 70.8 Å². The minimum atomic E-state index is -3.07. The van der Waals surface area contributed by atoms with E-state index in [0.717, 1.165) is 17.0 Å². The van der Waals surface area contributed by atoms with Gasteiger partial charge in [0.15, 0.2) is 7.14 Å². The van der Waals surface area contributed by atoms with Crippen molar-refractivity contribution in [3.05, 3.63) is 60.7 Å². The van der Waals surface area contributed by atoms with Crippen molar-refractivity contribution >= 4 is 26.6 Å². The summed E-state index contributed by atoms with van der Waals surface area (Å²) in [7, 11) is -6.08. The van der Waals surface area contributed by atoms with Gasteiger partial charge >= 0.3 is 8.80 Å². The third-order valence-electron chi connectivity index (χ3n) is 4.56. The molecule has 0 aliphatic carbocycles. The third kappa shape index (κ3) is 5.41. The molecule has 7 heteroatoms. The molecule has 0 spiro atoms. The van der Waals surface area contributed by atoms with Crippen LogP contribution in [0.5, 0.6) is 0 Å². The molecule has 2 N–H and O–H groups in total. The highest BCUT2D eigenvalue weighted by molar-refractivity contribution is 7.79. The van der Waals surface area contributed by atoms with Crippen LogP contribution in [0.3, 0.4) is 0 Å². The Balaban J connectivity index is 2.46. The Kier molecular flexibility index (Phi) is 9.08. The predicted molar refractivity (Wildman–Crippen MR) is 118 cm³/mol. The molecule has 2 aromatic carbocycles. The molecule has 154 valence electrons. The fraction of sp³-hybridized carbons (Fsp3) is 0.429. The summed E-state index contributed by atoms with van der Waals surface area (Å²) in [6.45, 7) is 7.19. The Morgan fingerprint density at radius 1 is 0.929 bits per heavy atom. The Bertz CT molecular complexity index is 695. The summed E-state index contributed by atoms with van der Waals surface area (Å²) in [5.74, 6) is -0.583. The molecule has 0 aliphatic rings. The Labute approximate surface area is 169 Å². The minimum absolute atomic E-state index is 0.477. The van der Waals surface area contributed by atoms with Gasteiger partial charge in [0.05, 0.1) is 0 Å². The molecule has 0 saturated carbocycles. The van der Waals surface area contributed by atoms with E-state index in [-0.39, 0.29) is 0 Å². The maximum Gasteiger partial charge on any atom is 0.501 e. The maximum absolute atomic E-state index is 14.4. The SMILES string of the molecule is CCO[Si](CCCN)(OCC)OC(C)P(=O)(c1ccccc1)c1ccccc1. The van der Waals surface area contributed by atoms with E-state index in [1.54, 1.807) is 0 Å². The molecule has 1 atom stereocenters. The van der Waals surface area contributed by atoms with Crippen LogP contribution in [0, 0.1) is 0 Å². The second-order valence-electron chi connectivity index (χ2n) is 6.49. The van der Waals surface area contributed by atoms with Crippen molar-refractivity contribution < 1.29 is 17.8 Å². The lowest BCUT2D eigenvalue weighted by Crippen LogP contribution is -2.49. The quantitative estimate of drug-likeness (QED) is 0.418. The van der Waals surface area contributed by atoms with Gasteiger partial charge in [-0.05, 0) is 33.7 Å². The molecule has 0 saturated heterocycles. The Morgan fingerprint density at radius 3 is 1.79 bits per heavy atom. The number of rotatable bonds is 12. The van der Waals surface area contributed by atoms with Crippen molar-refractivity contribution in [2.45, 2.75) is 39.1 Å². The van der Waals surface area contributed by atoms with Gasteiger partial charge in [0, 0.05) is 29.9 Å². The van der Waals surface area contributed by atoms with Crippen molar-refractivity contribution in [2.24, 2.45) is 5.73 Å². The third-order valence-corrected chi connectivity index (χ3v) is 11.2. The molecule has 0 heterocycles. The van der Waals surface area contributed by atoms with Crippen LogP contribution in [0.25, 0.3) is 0 Å². The van der Waals surface area contributed by atoms with Crippen molar-refractivity contribution in [1.29, 1.82) is 0 Å². The van der Waals surface area contributed by atoms with E-state index in [4.69, 9.17) is 19.0 Å². The van der Waals surface area contributed by atoms with E-state index < -0.39 is 21.8 Å². The first-order valence-electron chi connectivity index (χ1n) is 9.89. The first kappa shape index (κ1) is 23.0. The number of benzene rings is 2. The van der Waals surface area contributed by atoms with Gasteiger partial charge in [0.25, 0.3) is 0 Å². The van der Waals surface area contributed by atoms with Crippen molar-refractivity contribution in [3.8, 4) is 0 Å². The van der Waals surface area contributed by atoms with E-state index in [1.807, 2.05) is 81.4 Å². The van der Waals surface area contributed by atoms with E-state index >= 15 is 0 Å².